The number of anilines is 1. The predicted octanol–water partition coefficient (Wildman–Crippen LogP) is 4.16. The number of pyridine rings is 3. The molecule has 7 heteroatoms. The molecule has 34 heavy (non-hydrogen) atoms. The average Bonchev–Trinajstić information content (AvgIpc) is 3.24. The lowest BCUT2D eigenvalue weighted by Crippen LogP contribution is -2.18. The number of nitrogens with zero attached hydrogens (tertiary/aromatic N) is 3. The molecule has 5 aromatic rings. The number of nitrogens with one attached hydrogen (secondary N) is 1. The summed E-state index contributed by atoms with van der Waals surface area (Å²) >= 11 is 0. The lowest BCUT2D eigenvalue weighted by molar-refractivity contribution is 0.860. The van der Waals surface area contributed by atoms with Crippen LogP contribution in [0, 0.1) is 13.8 Å². The highest BCUT2D eigenvalue weighted by Crippen LogP contribution is 2.36. The molecular formula is C27H25N5O2. The van der Waals surface area contributed by atoms with E-state index in [1.807, 2.05) is 62.5 Å². The van der Waals surface area contributed by atoms with Gasteiger partial charge >= 0.3 is 0 Å². The maximum absolute atomic E-state index is 13.0. The summed E-state index contributed by atoms with van der Waals surface area (Å²) in [7, 11) is 3.45. The lowest BCUT2D eigenvalue weighted by Gasteiger charge is -2.14. The zero-order valence-corrected chi connectivity index (χ0v) is 19.5. The van der Waals surface area contributed by atoms with E-state index in [9.17, 15) is 9.59 Å². The van der Waals surface area contributed by atoms with E-state index in [0.29, 0.717) is 11.2 Å². The summed E-state index contributed by atoms with van der Waals surface area (Å²) in [6, 6.07) is 15.1. The Morgan fingerprint density at radius 1 is 0.794 bits per heavy atom. The number of rotatable bonds is 3. The fraction of sp³-hybridized carbons (Fsp3) is 0.148. The number of benzene rings is 1. The summed E-state index contributed by atoms with van der Waals surface area (Å²) in [6.45, 7) is 3.89. The second-order valence-corrected chi connectivity index (χ2v) is 8.74. The van der Waals surface area contributed by atoms with E-state index in [1.54, 1.807) is 35.5 Å². The topological polar surface area (TPSA) is 98.7 Å². The van der Waals surface area contributed by atoms with Gasteiger partial charge in [-0.15, -0.1) is 0 Å². The first kappa shape index (κ1) is 21.5. The quantitative estimate of drug-likeness (QED) is 0.403. The maximum Gasteiger partial charge on any atom is 0.274 e. The molecule has 4 aromatic heterocycles. The molecule has 0 radical (unpaired) electrons. The van der Waals surface area contributed by atoms with Gasteiger partial charge in [0.15, 0.2) is 0 Å². The van der Waals surface area contributed by atoms with Crippen molar-refractivity contribution < 1.29 is 0 Å². The van der Waals surface area contributed by atoms with Crippen LogP contribution < -0.4 is 16.9 Å². The van der Waals surface area contributed by atoms with Gasteiger partial charge in [0.2, 0.25) is 0 Å². The molecular weight excluding hydrogens is 426 g/mol. The summed E-state index contributed by atoms with van der Waals surface area (Å²) in [5.41, 5.74) is 13.7. The fourth-order valence-corrected chi connectivity index (χ4v) is 4.44. The Bertz CT molecular complexity index is 1670. The van der Waals surface area contributed by atoms with E-state index in [0.717, 1.165) is 50.3 Å². The van der Waals surface area contributed by atoms with Crippen LogP contribution in [0.25, 0.3) is 44.4 Å². The first-order valence-electron chi connectivity index (χ1n) is 11.0. The molecule has 0 atom stereocenters. The third kappa shape index (κ3) is 3.61. The molecule has 5 rings (SSSR count). The van der Waals surface area contributed by atoms with Crippen LogP contribution in [0.4, 0.5) is 5.69 Å². The minimum Gasteiger partial charge on any atom is -0.399 e. The summed E-state index contributed by atoms with van der Waals surface area (Å²) in [5, 5.41) is 0.759. The van der Waals surface area contributed by atoms with E-state index >= 15 is 0 Å². The molecule has 0 aliphatic heterocycles. The van der Waals surface area contributed by atoms with Gasteiger partial charge in [0.25, 0.3) is 11.1 Å². The van der Waals surface area contributed by atoms with Crippen LogP contribution in [-0.4, -0.2) is 19.1 Å². The molecule has 170 valence electrons. The molecule has 0 fully saturated rings. The van der Waals surface area contributed by atoms with Crippen LogP contribution in [0.1, 0.15) is 11.4 Å². The van der Waals surface area contributed by atoms with Crippen molar-refractivity contribution in [2.75, 3.05) is 5.73 Å². The summed E-state index contributed by atoms with van der Waals surface area (Å²) < 4.78 is 3.10. The number of fused-ring (bicyclic) bond motifs is 1. The molecule has 3 N–H and O–H groups in total. The van der Waals surface area contributed by atoms with E-state index in [4.69, 9.17) is 5.73 Å². The van der Waals surface area contributed by atoms with Crippen LogP contribution in [-0.2, 0) is 14.1 Å². The second kappa shape index (κ2) is 7.88. The van der Waals surface area contributed by atoms with Crippen molar-refractivity contribution in [3.8, 4) is 33.5 Å². The second-order valence-electron chi connectivity index (χ2n) is 8.74. The number of aryl methyl sites for hydroxylation is 4. The standard InChI is InChI=1S/C27H25N5O2/c1-15-9-18(10-16(2)29-15)24-11-21-23(14-32(4)27(34)26(21)30-24)20-12-25(33)31(3)13-22(20)17-5-7-19(28)8-6-17/h5-14,30H,28H2,1-4H3. The normalized spacial score (nSPS) is 11.3. The van der Waals surface area contributed by atoms with E-state index in [2.05, 4.69) is 9.97 Å². The van der Waals surface area contributed by atoms with Crippen molar-refractivity contribution in [1.29, 1.82) is 0 Å². The molecule has 0 saturated carbocycles. The van der Waals surface area contributed by atoms with Crippen molar-refractivity contribution >= 4 is 16.6 Å². The predicted molar refractivity (Wildman–Crippen MR) is 137 cm³/mol. The lowest BCUT2D eigenvalue weighted by atomic mass is 9.95. The van der Waals surface area contributed by atoms with Crippen LogP contribution in [0.5, 0.6) is 0 Å². The number of nitrogens with two attached hydrogens (primary N) is 1. The van der Waals surface area contributed by atoms with Crippen molar-refractivity contribution in [1.82, 2.24) is 19.1 Å². The van der Waals surface area contributed by atoms with Crippen LogP contribution >= 0.6 is 0 Å². The van der Waals surface area contributed by atoms with Gasteiger partial charge < -0.3 is 19.9 Å². The van der Waals surface area contributed by atoms with Crippen LogP contribution in [0.3, 0.4) is 0 Å². The third-order valence-corrected chi connectivity index (χ3v) is 6.10. The molecule has 0 saturated heterocycles. The van der Waals surface area contributed by atoms with Gasteiger partial charge in [0.1, 0.15) is 5.52 Å². The van der Waals surface area contributed by atoms with Gasteiger partial charge in [-0.05, 0) is 55.3 Å². The fourth-order valence-electron chi connectivity index (χ4n) is 4.44. The van der Waals surface area contributed by atoms with Gasteiger partial charge in [0.05, 0.1) is 0 Å². The number of H-pyrrole nitrogens is 1. The molecule has 4 heterocycles. The average molecular weight is 452 g/mol. The van der Waals surface area contributed by atoms with Gasteiger partial charge in [-0.25, -0.2) is 0 Å². The minimum absolute atomic E-state index is 0.132. The zero-order valence-electron chi connectivity index (χ0n) is 19.5. The highest BCUT2D eigenvalue weighted by atomic mass is 16.1. The highest BCUT2D eigenvalue weighted by molar-refractivity contribution is 6.00. The van der Waals surface area contributed by atoms with Gasteiger partial charge in [-0.3, -0.25) is 14.6 Å². The Labute approximate surface area is 196 Å². The third-order valence-electron chi connectivity index (χ3n) is 6.10. The Morgan fingerprint density at radius 2 is 1.44 bits per heavy atom. The van der Waals surface area contributed by atoms with E-state index < -0.39 is 0 Å². The molecule has 0 spiro atoms. The van der Waals surface area contributed by atoms with E-state index in [-0.39, 0.29) is 11.1 Å². The smallest absolute Gasteiger partial charge is 0.274 e. The van der Waals surface area contributed by atoms with E-state index in [1.165, 1.54) is 0 Å². The summed E-state index contributed by atoms with van der Waals surface area (Å²) in [6.07, 6.45) is 3.62. The van der Waals surface area contributed by atoms with Crippen LogP contribution in [0.2, 0.25) is 0 Å². The summed E-state index contributed by atoms with van der Waals surface area (Å²) in [5.74, 6) is 0. The molecule has 0 aliphatic rings. The first-order chi connectivity index (χ1) is 16.2. The molecule has 0 amide bonds. The number of aromatic nitrogens is 4. The number of hydrogen-bond acceptors (Lipinski definition) is 4. The molecule has 7 nitrogen and oxygen atoms in total. The molecule has 0 bridgehead atoms. The Hall–Kier alpha value is -4.39. The van der Waals surface area contributed by atoms with Crippen molar-refractivity contribution in [2.45, 2.75) is 13.8 Å². The molecule has 0 unspecified atom stereocenters. The van der Waals surface area contributed by atoms with Crippen molar-refractivity contribution in [2.24, 2.45) is 14.1 Å². The van der Waals surface area contributed by atoms with Gasteiger partial charge in [0, 0.05) is 77.4 Å². The van der Waals surface area contributed by atoms with Gasteiger partial charge in [-0.1, -0.05) is 12.1 Å². The molecule has 0 aliphatic carbocycles. The monoisotopic (exact) mass is 451 g/mol. The number of hydrogen-bond donors (Lipinski definition) is 2. The Morgan fingerprint density at radius 3 is 2.12 bits per heavy atom. The first-order valence-corrected chi connectivity index (χ1v) is 11.0. The van der Waals surface area contributed by atoms with Crippen LogP contribution in [0.15, 0.2) is 70.5 Å². The molecule has 1 aromatic carbocycles. The highest BCUT2D eigenvalue weighted by Gasteiger charge is 2.18. The van der Waals surface area contributed by atoms with Gasteiger partial charge in [-0.2, -0.15) is 0 Å². The largest absolute Gasteiger partial charge is 0.399 e. The SMILES string of the molecule is Cc1cc(-c2cc3c(-c4cc(=O)n(C)cc4-c4ccc(N)cc4)cn(C)c(=O)c3[nH]2)cc(C)n1. The maximum atomic E-state index is 13.0. The minimum atomic E-state index is -0.134. The zero-order chi connectivity index (χ0) is 24.1. The Kier molecular flexibility index (Phi) is 4.97. The van der Waals surface area contributed by atoms with Crippen molar-refractivity contribution in [3.05, 3.63) is 93.0 Å². The summed E-state index contributed by atoms with van der Waals surface area (Å²) in [4.78, 5) is 33.5. The number of nitrogen functional groups attached to an aromatic ring is 1. The number of aromatic amines is 1. The van der Waals surface area contributed by atoms with Crippen molar-refractivity contribution in [3.63, 3.8) is 0 Å². The Balaban J connectivity index is 1.83.